The minimum atomic E-state index is 0. The number of phenols is 2. The SMILES string of the molecule is Oc1ccccc1-c1ccccn1.Oc1ccccc1-c1ccccn1.[Be+2].[H-].[H-]. The molecule has 0 aliphatic heterocycles. The summed E-state index contributed by atoms with van der Waals surface area (Å²) in [5.74, 6) is 0.530. The standard InChI is InChI=1S/2C11H9NO.Be.2H/c2*13-11-7-2-1-5-9(11)10-6-3-4-8-12-10;;;/h2*1-8,13H;;;/q;;+2;2*-1. The number of hydrogen-bond donors (Lipinski definition) is 2. The summed E-state index contributed by atoms with van der Waals surface area (Å²) in [7, 11) is 0. The van der Waals surface area contributed by atoms with Crippen LogP contribution in [0, 0.1) is 0 Å². The number of pyridine rings is 2. The van der Waals surface area contributed by atoms with Crippen LogP contribution in [0.3, 0.4) is 0 Å². The van der Waals surface area contributed by atoms with Gasteiger partial charge in [-0.1, -0.05) is 36.4 Å². The van der Waals surface area contributed by atoms with Crippen molar-refractivity contribution in [1.82, 2.24) is 9.97 Å². The minimum Gasteiger partial charge on any atom is -1.00 e. The van der Waals surface area contributed by atoms with Crippen LogP contribution in [0.4, 0.5) is 0 Å². The first-order valence-electron chi connectivity index (χ1n) is 8.14. The van der Waals surface area contributed by atoms with E-state index in [4.69, 9.17) is 0 Å². The third kappa shape index (κ3) is 5.24. The predicted octanol–water partition coefficient (Wildman–Crippen LogP) is 4.75. The molecule has 0 radical (unpaired) electrons. The zero-order valence-corrected chi connectivity index (χ0v) is 14.7. The Bertz CT molecular complexity index is 893. The number of rotatable bonds is 2. The number of aromatic hydroxyl groups is 2. The van der Waals surface area contributed by atoms with Crippen LogP contribution in [-0.2, 0) is 0 Å². The molecule has 2 N–H and O–H groups in total. The molecule has 0 aliphatic rings. The Hall–Kier alpha value is -3.49. The van der Waals surface area contributed by atoms with Gasteiger partial charge >= 0.3 is 10.1 Å². The Morgan fingerprint density at radius 3 is 1.22 bits per heavy atom. The topological polar surface area (TPSA) is 66.2 Å². The van der Waals surface area contributed by atoms with Gasteiger partial charge in [0.1, 0.15) is 11.5 Å². The number of para-hydroxylation sites is 2. The van der Waals surface area contributed by atoms with Gasteiger partial charge in [-0.2, -0.15) is 0 Å². The van der Waals surface area contributed by atoms with E-state index in [-0.39, 0.29) is 24.5 Å². The fourth-order valence-corrected chi connectivity index (χ4v) is 2.42. The summed E-state index contributed by atoms with van der Waals surface area (Å²) in [5.41, 5.74) is 3.12. The zero-order valence-electron chi connectivity index (χ0n) is 16.7. The molecule has 0 saturated carbocycles. The van der Waals surface area contributed by atoms with Crippen LogP contribution in [0.2, 0.25) is 0 Å². The van der Waals surface area contributed by atoms with Gasteiger partial charge < -0.3 is 13.1 Å². The van der Waals surface area contributed by atoms with Gasteiger partial charge in [0.05, 0.1) is 11.4 Å². The molecule has 0 unspecified atom stereocenters. The molecule has 4 nitrogen and oxygen atoms in total. The van der Waals surface area contributed by atoms with Gasteiger partial charge in [-0.25, -0.2) is 0 Å². The van der Waals surface area contributed by atoms with Crippen molar-refractivity contribution in [2.24, 2.45) is 0 Å². The largest absolute Gasteiger partial charge is 2.00 e. The first-order chi connectivity index (χ1) is 12.8. The molecule has 5 heteroatoms. The average molecular weight is 353 g/mol. The second-order valence-corrected chi connectivity index (χ2v) is 5.46. The van der Waals surface area contributed by atoms with Gasteiger partial charge in [-0.15, -0.1) is 0 Å². The van der Waals surface area contributed by atoms with Crippen LogP contribution in [0.15, 0.2) is 97.3 Å². The van der Waals surface area contributed by atoms with Crippen LogP contribution in [0.1, 0.15) is 2.85 Å². The fourth-order valence-electron chi connectivity index (χ4n) is 2.42. The molecule has 4 aromatic rings. The normalized spacial score (nSPS) is 9.48. The van der Waals surface area contributed by atoms with Gasteiger partial charge in [-0.05, 0) is 48.5 Å². The van der Waals surface area contributed by atoms with E-state index in [9.17, 15) is 10.2 Å². The zero-order chi connectivity index (χ0) is 18.2. The molecule has 2 heterocycles. The smallest absolute Gasteiger partial charge is 1.00 e. The Morgan fingerprint density at radius 1 is 0.519 bits per heavy atom. The van der Waals surface area contributed by atoms with Crippen LogP contribution < -0.4 is 0 Å². The van der Waals surface area contributed by atoms with Crippen molar-refractivity contribution in [3.8, 4) is 34.0 Å². The van der Waals surface area contributed by atoms with Gasteiger partial charge in [0, 0.05) is 23.5 Å². The van der Waals surface area contributed by atoms with Crippen molar-refractivity contribution in [3.63, 3.8) is 0 Å². The van der Waals surface area contributed by atoms with Crippen LogP contribution >= 0.6 is 0 Å². The van der Waals surface area contributed by atoms with Crippen molar-refractivity contribution in [2.75, 3.05) is 0 Å². The van der Waals surface area contributed by atoms with E-state index in [0.717, 1.165) is 22.5 Å². The monoisotopic (exact) mass is 353 g/mol. The number of phenolic OH excluding ortho intramolecular Hbond substituents is 2. The summed E-state index contributed by atoms with van der Waals surface area (Å²) in [6.07, 6.45) is 3.42. The number of aromatic nitrogens is 2. The Kier molecular flexibility index (Phi) is 7.24. The minimum absolute atomic E-state index is 0. The summed E-state index contributed by atoms with van der Waals surface area (Å²) >= 11 is 0. The van der Waals surface area contributed by atoms with Gasteiger partial charge in [0.2, 0.25) is 0 Å². The molecule has 2 aromatic heterocycles. The maximum absolute atomic E-state index is 9.52. The van der Waals surface area contributed by atoms with Crippen molar-refractivity contribution in [3.05, 3.63) is 97.3 Å². The quantitative estimate of drug-likeness (QED) is 0.510. The summed E-state index contributed by atoms with van der Waals surface area (Å²) in [6.45, 7) is 0. The summed E-state index contributed by atoms with van der Waals surface area (Å²) in [5, 5.41) is 19.0. The van der Waals surface area contributed by atoms with E-state index in [1.54, 1.807) is 36.7 Å². The molecule has 0 atom stereocenters. The van der Waals surface area contributed by atoms with Gasteiger partial charge in [0.25, 0.3) is 0 Å². The second kappa shape index (κ2) is 9.85. The van der Waals surface area contributed by atoms with Crippen molar-refractivity contribution in [1.29, 1.82) is 0 Å². The number of nitrogens with zero attached hydrogens (tertiary/aromatic N) is 2. The van der Waals surface area contributed by atoms with Gasteiger partial charge in [-0.3, -0.25) is 9.97 Å². The molecule has 0 spiro atoms. The molecule has 0 aliphatic carbocycles. The Morgan fingerprint density at radius 2 is 0.889 bits per heavy atom. The Balaban J connectivity index is 0.000000490. The summed E-state index contributed by atoms with van der Waals surface area (Å²) in [4.78, 5) is 8.30. The first kappa shape index (κ1) is 19.8. The van der Waals surface area contributed by atoms with E-state index >= 15 is 0 Å². The number of hydrogen-bond acceptors (Lipinski definition) is 4. The third-order valence-corrected chi connectivity index (χ3v) is 3.69. The van der Waals surface area contributed by atoms with E-state index < -0.39 is 0 Å². The predicted molar refractivity (Wildman–Crippen MR) is 111 cm³/mol. The summed E-state index contributed by atoms with van der Waals surface area (Å²) in [6, 6.07) is 25.6. The molecule has 0 bridgehead atoms. The van der Waals surface area contributed by atoms with E-state index in [2.05, 4.69) is 9.97 Å². The van der Waals surface area contributed by atoms with Crippen LogP contribution in [-0.4, -0.2) is 30.3 Å². The average Bonchev–Trinajstić information content (AvgIpc) is 2.71. The van der Waals surface area contributed by atoms with Crippen molar-refractivity contribution >= 4 is 10.1 Å². The maximum atomic E-state index is 9.52. The second-order valence-electron chi connectivity index (χ2n) is 5.46. The maximum Gasteiger partial charge on any atom is 2.00 e. The van der Waals surface area contributed by atoms with E-state index in [1.165, 1.54) is 0 Å². The van der Waals surface area contributed by atoms with Crippen molar-refractivity contribution in [2.45, 2.75) is 0 Å². The molecule has 0 saturated heterocycles. The molecule has 4 rings (SSSR count). The fraction of sp³-hybridized carbons (Fsp3) is 0. The van der Waals surface area contributed by atoms with Crippen LogP contribution in [0.5, 0.6) is 11.5 Å². The molecule has 2 aromatic carbocycles. The van der Waals surface area contributed by atoms with E-state index in [0.29, 0.717) is 0 Å². The first-order valence-corrected chi connectivity index (χ1v) is 8.14. The molecular weight excluding hydrogens is 333 g/mol. The molecule has 27 heavy (non-hydrogen) atoms. The molecule has 0 fully saturated rings. The third-order valence-electron chi connectivity index (χ3n) is 3.69. The molecular formula is C22H20BeN2O2. The van der Waals surface area contributed by atoms with E-state index in [1.807, 2.05) is 60.7 Å². The van der Waals surface area contributed by atoms with Crippen LogP contribution in [0.25, 0.3) is 22.5 Å². The number of benzene rings is 2. The van der Waals surface area contributed by atoms with Gasteiger partial charge in [0.15, 0.2) is 0 Å². The molecule has 132 valence electrons. The Labute approximate surface area is 165 Å². The summed E-state index contributed by atoms with van der Waals surface area (Å²) < 4.78 is 0. The van der Waals surface area contributed by atoms with Crippen molar-refractivity contribution < 1.29 is 13.1 Å². The molecule has 0 amide bonds.